The van der Waals surface area contributed by atoms with Gasteiger partial charge in [-0.2, -0.15) is 0 Å². The SMILES string of the molecule is CC(C)CN(C(c1ccccc1)c1ccccc1)[C@@H]1C[C@@H](CNC(=O)c2ccc(C=C3SC(=O)NC3=O)cc2)N(C(=O)c2ccccc2C(=O)c2ccccc2)C1. The summed E-state index contributed by atoms with van der Waals surface area (Å²) in [5.74, 6) is -0.931. The molecule has 4 amide bonds. The molecule has 0 bridgehead atoms. The lowest BCUT2D eigenvalue weighted by molar-refractivity contribution is -0.115. The Morgan fingerprint density at radius 2 is 1.35 bits per heavy atom. The minimum absolute atomic E-state index is 0.0782. The van der Waals surface area contributed by atoms with E-state index >= 15 is 0 Å². The van der Waals surface area contributed by atoms with Crippen LogP contribution in [0.25, 0.3) is 6.08 Å². The van der Waals surface area contributed by atoms with E-state index in [1.807, 2.05) is 23.1 Å². The molecule has 2 N–H and O–H groups in total. The number of thioether (sulfide) groups is 1. The summed E-state index contributed by atoms with van der Waals surface area (Å²) in [6, 6.07) is 43.0. The molecule has 0 saturated carbocycles. The minimum Gasteiger partial charge on any atom is -0.350 e. The standard InChI is InChI=1S/C47H44N4O5S/c1-31(2)29-50(42(33-14-6-3-7-15-33)34-16-8-4-9-17-34)38-27-37(28-48-44(53)36-24-22-32(23-25-36)26-41-45(54)49-47(56)57-41)51(30-38)46(55)40-21-13-12-20-39(40)43(52)35-18-10-5-11-19-35/h3-26,31,37-38,42H,27-30H2,1-2H3,(H,48,53)(H,49,54,56)/t37-,38+/m0/s1. The molecule has 0 radical (unpaired) electrons. The van der Waals surface area contributed by atoms with Gasteiger partial charge in [0.15, 0.2) is 5.78 Å². The average Bonchev–Trinajstić information content (AvgIpc) is 3.81. The summed E-state index contributed by atoms with van der Waals surface area (Å²) in [6.07, 6.45) is 2.20. The maximum absolute atomic E-state index is 14.8. The number of likely N-dealkylation sites (tertiary alicyclic amines) is 1. The Kier molecular flexibility index (Phi) is 12.2. The fourth-order valence-electron chi connectivity index (χ4n) is 7.69. The predicted molar refractivity (Wildman–Crippen MR) is 224 cm³/mol. The summed E-state index contributed by atoms with van der Waals surface area (Å²) in [6.45, 7) is 5.75. The lowest BCUT2D eigenvalue weighted by Gasteiger charge is -2.38. The summed E-state index contributed by atoms with van der Waals surface area (Å²) in [7, 11) is 0. The molecule has 2 fully saturated rings. The lowest BCUT2D eigenvalue weighted by Crippen LogP contribution is -2.44. The third-order valence-corrected chi connectivity index (χ3v) is 11.1. The third kappa shape index (κ3) is 9.14. The van der Waals surface area contributed by atoms with Crippen LogP contribution in [0.15, 0.2) is 144 Å². The van der Waals surface area contributed by atoms with Crippen LogP contribution < -0.4 is 10.6 Å². The highest BCUT2D eigenvalue weighted by Gasteiger charge is 2.42. The molecule has 2 aliphatic rings. The van der Waals surface area contributed by atoms with Crippen LogP contribution in [0.1, 0.15) is 79.6 Å². The van der Waals surface area contributed by atoms with Gasteiger partial charge in [0.25, 0.3) is 23.0 Å². The van der Waals surface area contributed by atoms with E-state index in [1.54, 1.807) is 78.9 Å². The summed E-state index contributed by atoms with van der Waals surface area (Å²) in [4.78, 5) is 70.5. The van der Waals surface area contributed by atoms with E-state index in [0.29, 0.717) is 46.7 Å². The lowest BCUT2D eigenvalue weighted by atomic mass is 9.94. The van der Waals surface area contributed by atoms with E-state index in [2.05, 4.69) is 77.9 Å². The number of nitrogens with zero attached hydrogens (tertiary/aromatic N) is 2. The average molecular weight is 777 g/mol. The van der Waals surface area contributed by atoms with Crippen LogP contribution in [0.3, 0.4) is 0 Å². The van der Waals surface area contributed by atoms with Crippen molar-refractivity contribution in [3.63, 3.8) is 0 Å². The molecular weight excluding hydrogens is 733 g/mol. The monoisotopic (exact) mass is 776 g/mol. The highest BCUT2D eigenvalue weighted by atomic mass is 32.2. The van der Waals surface area contributed by atoms with Crippen molar-refractivity contribution in [2.75, 3.05) is 19.6 Å². The molecular formula is C47H44N4O5S. The Bertz CT molecular complexity index is 2240. The van der Waals surface area contributed by atoms with Crippen molar-refractivity contribution < 1.29 is 24.0 Å². The van der Waals surface area contributed by atoms with Crippen LogP contribution in [0.2, 0.25) is 0 Å². The Hall–Kier alpha value is -6.10. The zero-order valence-corrected chi connectivity index (χ0v) is 32.7. The van der Waals surface area contributed by atoms with Crippen molar-refractivity contribution in [3.05, 3.63) is 183 Å². The number of ketones is 1. The van der Waals surface area contributed by atoms with Gasteiger partial charge in [0.1, 0.15) is 0 Å². The predicted octanol–water partition coefficient (Wildman–Crippen LogP) is 8.00. The van der Waals surface area contributed by atoms with Crippen LogP contribution in [-0.4, -0.2) is 70.3 Å². The number of nitrogens with one attached hydrogen (secondary N) is 2. The molecule has 2 saturated heterocycles. The van der Waals surface area contributed by atoms with E-state index in [4.69, 9.17) is 0 Å². The molecule has 2 heterocycles. The summed E-state index contributed by atoms with van der Waals surface area (Å²) < 4.78 is 0. The number of benzene rings is 5. The van der Waals surface area contributed by atoms with Gasteiger partial charge in [0, 0.05) is 42.4 Å². The van der Waals surface area contributed by atoms with Crippen LogP contribution in [0.5, 0.6) is 0 Å². The van der Waals surface area contributed by atoms with Crippen LogP contribution >= 0.6 is 11.8 Å². The van der Waals surface area contributed by atoms with Crippen molar-refractivity contribution >= 4 is 46.6 Å². The van der Waals surface area contributed by atoms with Crippen LogP contribution in [0, 0.1) is 5.92 Å². The second-order valence-electron chi connectivity index (χ2n) is 14.7. The Labute approximate surface area is 337 Å². The van der Waals surface area contributed by atoms with Crippen molar-refractivity contribution in [1.82, 2.24) is 20.4 Å². The largest absolute Gasteiger partial charge is 0.350 e. The first-order valence-corrected chi connectivity index (χ1v) is 20.0. The topological polar surface area (TPSA) is 116 Å². The number of rotatable bonds is 13. The van der Waals surface area contributed by atoms with Gasteiger partial charge in [0.2, 0.25) is 0 Å². The van der Waals surface area contributed by atoms with Gasteiger partial charge in [-0.3, -0.25) is 34.2 Å². The number of hydrogen-bond donors (Lipinski definition) is 2. The molecule has 9 nitrogen and oxygen atoms in total. The number of carbonyl (C=O) groups is 5. The molecule has 0 aromatic heterocycles. The molecule has 2 atom stereocenters. The van der Waals surface area contributed by atoms with E-state index in [0.717, 1.165) is 29.4 Å². The summed E-state index contributed by atoms with van der Waals surface area (Å²) >= 11 is 0.835. The molecule has 0 aliphatic carbocycles. The molecule has 5 aromatic carbocycles. The van der Waals surface area contributed by atoms with Crippen LogP contribution in [-0.2, 0) is 4.79 Å². The molecule has 2 aliphatic heterocycles. The molecule has 10 heteroatoms. The maximum atomic E-state index is 14.8. The third-order valence-electron chi connectivity index (χ3n) is 10.3. The molecule has 288 valence electrons. The highest BCUT2D eigenvalue weighted by Crippen LogP contribution is 2.36. The van der Waals surface area contributed by atoms with Gasteiger partial charge in [-0.1, -0.05) is 135 Å². The van der Waals surface area contributed by atoms with Crippen molar-refractivity contribution in [3.8, 4) is 0 Å². The van der Waals surface area contributed by atoms with Gasteiger partial charge >= 0.3 is 0 Å². The van der Waals surface area contributed by atoms with Gasteiger partial charge in [0.05, 0.1) is 22.6 Å². The number of hydrogen-bond acceptors (Lipinski definition) is 7. The first-order valence-electron chi connectivity index (χ1n) is 19.1. The maximum Gasteiger partial charge on any atom is 0.290 e. The number of amides is 4. The van der Waals surface area contributed by atoms with Gasteiger partial charge in [-0.05, 0) is 65.1 Å². The number of carbonyl (C=O) groups excluding carboxylic acids is 5. The minimum atomic E-state index is -0.446. The van der Waals surface area contributed by atoms with Gasteiger partial charge in [-0.15, -0.1) is 0 Å². The zero-order chi connectivity index (χ0) is 39.9. The van der Waals surface area contributed by atoms with Crippen molar-refractivity contribution in [2.24, 2.45) is 5.92 Å². The fourth-order valence-corrected chi connectivity index (χ4v) is 8.37. The summed E-state index contributed by atoms with van der Waals surface area (Å²) in [5, 5.41) is 4.92. The van der Waals surface area contributed by atoms with Crippen molar-refractivity contribution in [1.29, 1.82) is 0 Å². The molecule has 0 unspecified atom stereocenters. The fraction of sp³-hybridized carbons (Fsp3) is 0.213. The first kappa shape index (κ1) is 39.1. The molecule has 7 rings (SSSR count). The highest BCUT2D eigenvalue weighted by molar-refractivity contribution is 8.18. The van der Waals surface area contributed by atoms with Gasteiger partial charge < -0.3 is 10.2 Å². The number of imide groups is 1. The zero-order valence-electron chi connectivity index (χ0n) is 31.8. The second kappa shape index (κ2) is 17.8. The van der Waals surface area contributed by atoms with Gasteiger partial charge in [-0.25, -0.2) is 0 Å². The smallest absolute Gasteiger partial charge is 0.290 e. The second-order valence-corrected chi connectivity index (χ2v) is 15.8. The normalized spacial score (nSPS) is 17.4. The van der Waals surface area contributed by atoms with E-state index in [-0.39, 0.29) is 47.2 Å². The van der Waals surface area contributed by atoms with Crippen molar-refractivity contribution in [2.45, 2.75) is 38.4 Å². The quantitative estimate of drug-likeness (QED) is 0.0920. The van der Waals surface area contributed by atoms with E-state index in [1.165, 1.54) is 0 Å². The first-order chi connectivity index (χ1) is 27.7. The Morgan fingerprint density at radius 1 is 0.772 bits per heavy atom. The Morgan fingerprint density at radius 3 is 1.93 bits per heavy atom. The van der Waals surface area contributed by atoms with E-state index in [9.17, 15) is 24.0 Å². The van der Waals surface area contributed by atoms with Crippen LogP contribution in [0.4, 0.5) is 4.79 Å². The molecule has 5 aromatic rings. The van der Waals surface area contributed by atoms with E-state index < -0.39 is 11.1 Å². The summed E-state index contributed by atoms with van der Waals surface area (Å²) in [5.41, 5.74) is 4.54. The molecule has 0 spiro atoms. The molecule has 57 heavy (non-hydrogen) atoms. The Balaban J connectivity index is 1.20.